The van der Waals surface area contributed by atoms with Crippen molar-refractivity contribution in [2.24, 2.45) is 0 Å². The Morgan fingerprint density at radius 1 is 1.35 bits per heavy atom. The molecule has 2 aliphatic rings. The van der Waals surface area contributed by atoms with Gasteiger partial charge in [-0.1, -0.05) is 19.6 Å². The molecule has 1 N–H and O–H groups in total. The lowest BCUT2D eigenvalue weighted by atomic mass is 10.3. The minimum atomic E-state index is -1.86. The number of nitrogens with one attached hydrogen (secondary N) is 1. The van der Waals surface area contributed by atoms with Gasteiger partial charge in [-0.3, -0.25) is 4.79 Å². The van der Waals surface area contributed by atoms with Crippen LogP contribution in [-0.2, 0) is 9.53 Å². The van der Waals surface area contributed by atoms with Gasteiger partial charge in [0.2, 0.25) is 5.91 Å². The number of morpholine rings is 1. The van der Waals surface area contributed by atoms with E-state index < -0.39 is 8.07 Å². The number of hydrogen-bond donors (Lipinski definition) is 1. The quantitative estimate of drug-likeness (QED) is 0.464. The molecule has 0 aromatic heterocycles. The van der Waals surface area contributed by atoms with Crippen LogP contribution in [0.15, 0.2) is 0 Å². The summed E-state index contributed by atoms with van der Waals surface area (Å²) in [7, 11) is -1.86. The van der Waals surface area contributed by atoms with E-state index in [1.807, 2.05) is 6.19 Å². The minimum Gasteiger partial charge on any atom is -0.378 e. The van der Waals surface area contributed by atoms with Gasteiger partial charge in [-0.15, -0.1) is 0 Å². The molecule has 0 aromatic rings. The molecule has 3 amide bonds. The van der Waals surface area contributed by atoms with Crippen LogP contribution < -0.4 is 5.32 Å². The van der Waals surface area contributed by atoms with Gasteiger partial charge in [0.15, 0.2) is 6.19 Å². The molecule has 0 radical (unpaired) electrons. The molecule has 0 spiro atoms. The maximum absolute atomic E-state index is 12.7. The molecule has 1 aliphatic carbocycles. The molecule has 2 fully saturated rings. The van der Waals surface area contributed by atoms with E-state index in [0.29, 0.717) is 32.8 Å². The summed E-state index contributed by atoms with van der Waals surface area (Å²) in [5.74, 6) is -0.128. The Balaban J connectivity index is 1.97. The summed E-state index contributed by atoms with van der Waals surface area (Å²) in [5, 5.41) is 12.2. The van der Waals surface area contributed by atoms with E-state index in [-0.39, 0.29) is 23.5 Å². The topological polar surface area (TPSA) is 85.7 Å². The van der Waals surface area contributed by atoms with E-state index in [2.05, 4.69) is 25.0 Å². The normalized spacial score (nSPS) is 19.7. The van der Waals surface area contributed by atoms with Crippen LogP contribution in [0.2, 0.25) is 25.2 Å². The lowest BCUT2D eigenvalue weighted by molar-refractivity contribution is -0.128. The minimum absolute atomic E-state index is 0.0706. The van der Waals surface area contributed by atoms with Gasteiger partial charge in [-0.2, -0.15) is 5.26 Å². The molecule has 7 nitrogen and oxygen atoms in total. The molecule has 8 heteroatoms. The number of urea groups is 1. The van der Waals surface area contributed by atoms with Crippen molar-refractivity contribution in [3.8, 4) is 6.19 Å². The molecular formula is C15H26N4O3Si. The van der Waals surface area contributed by atoms with Crippen molar-refractivity contribution in [3.63, 3.8) is 0 Å². The van der Waals surface area contributed by atoms with Gasteiger partial charge in [-0.05, 0) is 12.8 Å². The number of nitrogens with zero attached hydrogens (tertiary/aromatic N) is 3. The van der Waals surface area contributed by atoms with Gasteiger partial charge in [0, 0.05) is 31.2 Å². The maximum atomic E-state index is 12.7. The Bertz CT molecular complexity index is 490. The van der Waals surface area contributed by atoms with Gasteiger partial charge in [-0.25, -0.2) is 9.69 Å². The molecule has 1 aliphatic heterocycles. The Morgan fingerprint density at radius 2 is 1.96 bits per heavy atom. The van der Waals surface area contributed by atoms with Gasteiger partial charge in [0.1, 0.15) is 0 Å². The van der Waals surface area contributed by atoms with Crippen LogP contribution in [0.25, 0.3) is 0 Å². The Hall–Kier alpha value is -1.59. The van der Waals surface area contributed by atoms with Crippen molar-refractivity contribution in [1.29, 1.82) is 5.26 Å². The number of hydrogen-bond acceptors (Lipinski definition) is 4. The van der Waals surface area contributed by atoms with E-state index in [1.165, 1.54) is 4.90 Å². The smallest absolute Gasteiger partial charge is 0.317 e. The number of nitriles is 1. The summed E-state index contributed by atoms with van der Waals surface area (Å²) in [6.45, 7) is 8.83. The standard InChI is InChI=1S/C15H26N4O3Si/c1-23(2,3)13(14(20)19(11-16)12-4-5-12)10-17-15(21)18-6-8-22-9-7-18/h12-13H,4-10H2,1-3H3,(H,17,21). The lowest BCUT2D eigenvalue weighted by Crippen LogP contribution is -2.51. The number of amides is 3. The van der Waals surface area contributed by atoms with Crippen LogP contribution in [0.1, 0.15) is 12.8 Å². The predicted molar refractivity (Wildman–Crippen MR) is 88.4 cm³/mol. The fourth-order valence-corrected chi connectivity index (χ4v) is 4.24. The number of carbonyl (C=O) groups is 2. The third-order valence-electron chi connectivity index (χ3n) is 4.36. The largest absolute Gasteiger partial charge is 0.378 e. The second kappa shape index (κ2) is 7.32. The summed E-state index contributed by atoms with van der Waals surface area (Å²) < 4.78 is 5.24. The zero-order valence-corrected chi connectivity index (χ0v) is 15.2. The van der Waals surface area contributed by atoms with E-state index in [4.69, 9.17) is 4.74 Å². The molecule has 0 bridgehead atoms. The Kier molecular flexibility index (Phi) is 5.65. The number of carbonyl (C=O) groups excluding carboxylic acids is 2. The SMILES string of the molecule is C[Si](C)(C)C(CNC(=O)N1CCOCC1)C(=O)N(C#N)C1CC1. The van der Waals surface area contributed by atoms with Crippen molar-refractivity contribution >= 4 is 20.0 Å². The molecule has 23 heavy (non-hydrogen) atoms. The molecule has 1 saturated carbocycles. The van der Waals surface area contributed by atoms with Gasteiger partial charge >= 0.3 is 6.03 Å². The average molecular weight is 338 g/mol. The van der Waals surface area contributed by atoms with Crippen molar-refractivity contribution in [2.75, 3.05) is 32.8 Å². The molecule has 0 aromatic carbocycles. The Morgan fingerprint density at radius 3 is 2.43 bits per heavy atom. The predicted octanol–water partition coefficient (Wildman–Crippen LogP) is 1.21. The highest BCUT2D eigenvalue weighted by molar-refractivity contribution is 6.80. The second-order valence-corrected chi connectivity index (χ2v) is 12.7. The van der Waals surface area contributed by atoms with E-state index >= 15 is 0 Å². The highest BCUT2D eigenvalue weighted by atomic mass is 28.3. The molecule has 1 atom stereocenters. The van der Waals surface area contributed by atoms with Crippen molar-refractivity contribution in [2.45, 2.75) is 44.1 Å². The first-order valence-electron chi connectivity index (χ1n) is 8.18. The zero-order valence-electron chi connectivity index (χ0n) is 14.2. The number of ether oxygens (including phenoxy) is 1. The molecule has 2 rings (SSSR count). The zero-order chi connectivity index (χ0) is 17.0. The van der Waals surface area contributed by atoms with Crippen LogP contribution in [0.5, 0.6) is 0 Å². The van der Waals surface area contributed by atoms with Crippen LogP contribution in [0.3, 0.4) is 0 Å². The monoisotopic (exact) mass is 338 g/mol. The van der Waals surface area contributed by atoms with Crippen LogP contribution in [0, 0.1) is 11.5 Å². The van der Waals surface area contributed by atoms with Crippen LogP contribution in [-0.4, -0.2) is 68.7 Å². The van der Waals surface area contributed by atoms with E-state index in [0.717, 1.165) is 12.8 Å². The van der Waals surface area contributed by atoms with Gasteiger partial charge in [0.05, 0.1) is 21.3 Å². The fourth-order valence-electron chi connectivity index (χ4n) is 2.64. The third-order valence-corrected chi connectivity index (χ3v) is 6.90. The molecule has 128 valence electrons. The van der Waals surface area contributed by atoms with Gasteiger partial charge in [0.25, 0.3) is 0 Å². The molecule has 1 saturated heterocycles. The molecule has 1 unspecified atom stereocenters. The first kappa shape index (κ1) is 17.8. The summed E-state index contributed by atoms with van der Waals surface area (Å²) in [4.78, 5) is 28.0. The second-order valence-electron chi connectivity index (χ2n) is 7.24. The summed E-state index contributed by atoms with van der Waals surface area (Å²) in [6, 6.07) is -0.0828. The lowest BCUT2D eigenvalue weighted by Gasteiger charge is -2.32. The van der Waals surface area contributed by atoms with Crippen LogP contribution in [0.4, 0.5) is 4.79 Å². The number of rotatable bonds is 5. The van der Waals surface area contributed by atoms with Crippen molar-refractivity contribution in [3.05, 3.63) is 0 Å². The maximum Gasteiger partial charge on any atom is 0.317 e. The highest BCUT2D eigenvalue weighted by Gasteiger charge is 2.41. The fraction of sp³-hybridized carbons (Fsp3) is 0.800. The summed E-state index contributed by atoms with van der Waals surface area (Å²) in [6.07, 6.45) is 3.84. The summed E-state index contributed by atoms with van der Waals surface area (Å²) in [5.41, 5.74) is -0.284. The summed E-state index contributed by atoms with van der Waals surface area (Å²) >= 11 is 0. The third kappa shape index (κ3) is 4.69. The highest BCUT2D eigenvalue weighted by Crippen LogP contribution is 2.31. The van der Waals surface area contributed by atoms with E-state index in [9.17, 15) is 14.9 Å². The first-order chi connectivity index (χ1) is 10.8. The molecular weight excluding hydrogens is 312 g/mol. The van der Waals surface area contributed by atoms with E-state index in [1.54, 1.807) is 4.90 Å². The average Bonchev–Trinajstić information content (AvgIpc) is 3.32. The van der Waals surface area contributed by atoms with Crippen LogP contribution >= 0.6 is 0 Å². The van der Waals surface area contributed by atoms with Crippen molar-refractivity contribution in [1.82, 2.24) is 15.1 Å². The molecule has 1 heterocycles. The van der Waals surface area contributed by atoms with Crippen molar-refractivity contribution < 1.29 is 14.3 Å². The first-order valence-corrected chi connectivity index (χ1v) is 11.8. The Labute approximate surface area is 138 Å². The van der Waals surface area contributed by atoms with Gasteiger partial charge < -0.3 is 15.0 Å².